The number of hydrogen-bond donors (Lipinski definition) is 3. The van der Waals surface area contributed by atoms with E-state index in [4.69, 9.17) is 9.98 Å². The minimum Gasteiger partial charge on any atom is -0.357 e. The average Bonchev–Trinajstić information content (AvgIpc) is 3.43. The quantitative estimate of drug-likeness (QED) is 0.468. The third-order valence-electron chi connectivity index (χ3n) is 5.51. The number of anilines is 2. The molecule has 0 saturated carbocycles. The largest absolute Gasteiger partial charge is 0.357 e. The van der Waals surface area contributed by atoms with E-state index in [1.165, 1.54) is 12.8 Å². The van der Waals surface area contributed by atoms with Gasteiger partial charge in [-0.1, -0.05) is 18.2 Å². The smallest absolute Gasteiger partial charge is 0.225 e. The van der Waals surface area contributed by atoms with Crippen molar-refractivity contribution in [3.63, 3.8) is 0 Å². The number of rotatable bonds is 7. The number of amides is 1. The van der Waals surface area contributed by atoms with Crippen LogP contribution in [0.4, 0.5) is 10.8 Å². The van der Waals surface area contributed by atoms with Gasteiger partial charge in [0.25, 0.3) is 0 Å². The predicted octanol–water partition coefficient (Wildman–Crippen LogP) is 2.97. The van der Waals surface area contributed by atoms with Crippen LogP contribution in [-0.2, 0) is 11.2 Å². The summed E-state index contributed by atoms with van der Waals surface area (Å²) in [4.78, 5) is 24.0. The summed E-state index contributed by atoms with van der Waals surface area (Å²) in [6.45, 7) is 6.47. The number of benzene rings is 1. The second-order valence-corrected chi connectivity index (χ2v) is 8.59. The van der Waals surface area contributed by atoms with Gasteiger partial charge in [0.2, 0.25) is 5.91 Å². The summed E-state index contributed by atoms with van der Waals surface area (Å²) in [6.07, 6.45) is 3.87. The molecular weight excluding hydrogens is 396 g/mol. The highest BCUT2D eigenvalue weighted by molar-refractivity contribution is 7.13. The molecule has 2 aliphatic rings. The van der Waals surface area contributed by atoms with Gasteiger partial charge in [-0.2, -0.15) is 0 Å². The minimum atomic E-state index is 0.0594. The van der Waals surface area contributed by atoms with Crippen LogP contribution in [0.5, 0.6) is 0 Å². The van der Waals surface area contributed by atoms with Crippen LogP contribution >= 0.6 is 11.3 Å². The van der Waals surface area contributed by atoms with Crippen LogP contribution < -0.4 is 20.9 Å². The Bertz CT molecular complexity index is 889. The van der Waals surface area contributed by atoms with Crippen molar-refractivity contribution >= 4 is 34.0 Å². The van der Waals surface area contributed by atoms with Crippen molar-refractivity contribution in [2.45, 2.75) is 38.5 Å². The van der Waals surface area contributed by atoms with Gasteiger partial charge in [-0.3, -0.25) is 9.79 Å². The van der Waals surface area contributed by atoms with Gasteiger partial charge in [-0.25, -0.2) is 4.98 Å². The fourth-order valence-electron chi connectivity index (χ4n) is 3.98. The molecular formula is C22H30N6OS. The van der Waals surface area contributed by atoms with E-state index >= 15 is 0 Å². The van der Waals surface area contributed by atoms with Gasteiger partial charge in [0.15, 0.2) is 11.1 Å². The molecule has 1 aromatic heterocycles. The Morgan fingerprint density at radius 3 is 2.97 bits per heavy atom. The maximum atomic E-state index is 12.0. The molecule has 160 valence electrons. The Kier molecular flexibility index (Phi) is 6.84. The van der Waals surface area contributed by atoms with Crippen molar-refractivity contribution in [3.8, 4) is 0 Å². The van der Waals surface area contributed by atoms with Crippen LogP contribution in [0.2, 0.25) is 0 Å². The maximum Gasteiger partial charge on any atom is 0.225 e. The van der Waals surface area contributed by atoms with Crippen molar-refractivity contribution in [2.75, 3.05) is 42.9 Å². The van der Waals surface area contributed by atoms with Gasteiger partial charge >= 0.3 is 0 Å². The number of thiazole rings is 1. The first-order valence-corrected chi connectivity index (χ1v) is 11.7. The van der Waals surface area contributed by atoms with Gasteiger partial charge < -0.3 is 20.9 Å². The number of aromatic nitrogens is 1. The molecule has 0 bridgehead atoms. The highest BCUT2D eigenvalue weighted by atomic mass is 32.1. The van der Waals surface area contributed by atoms with Crippen LogP contribution in [0.25, 0.3) is 0 Å². The number of nitrogens with one attached hydrogen (secondary N) is 3. The van der Waals surface area contributed by atoms with Gasteiger partial charge in [0, 0.05) is 56.0 Å². The van der Waals surface area contributed by atoms with Gasteiger partial charge in [-0.05, 0) is 31.4 Å². The summed E-state index contributed by atoms with van der Waals surface area (Å²) < 4.78 is 0. The van der Waals surface area contributed by atoms with Crippen molar-refractivity contribution in [1.29, 1.82) is 0 Å². The molecule has 1 saturated heterocycles. The molecule has 2 aromatic rings. The molecule has 8 heteroatoms. The minimum absolute atomic E-state index is 0.0594. The lowest BCUT2D eigenvalue weighted by atomic mass is 9.91. The van der Waals surface area contributed by atoms with E-state index in [1.807, 2.05) is 18.2 Å². The number of aliphatic imine (C=N–C) groups is 1. The van der Waals surface area contributed by atoms with E-state index in [9.17, 15) is 4.79 Å². The number of hydrogen-bond acceptors (Lipinski definition) is 5. The molecule has 1 amide bonds. The molecule has 0 spiro atoms. The molecule has 2 aliphatic heterocycles. The first-order chi connectivity index (χ1) is 14.7. The monoisotopic (exact) mass is 426 g/mol. The van der Waals surface area contributed by atoms with E-state index in [2.05, 4.69) is 39.2 Å². The van der Waals surface area contributed by atoms with E-state index in [0.29, 0.717) is 13.0 Å². The van der Waals surface area contributed by atoms with Crippen LogP contribution in [0.15, 0.2) is 34.6 Å². The predicted molar refractivity (Wildman–Crippen MR) is 124 cm³/mol. The molecule has 3 N–H and O–H groups in total. The normalized spacial score (nSPS) is 18.8. The van der Waals surface area contributed by atoms with Crippen LogP contribution in [0.1, 0.15) is 43.4 Å². The summed E-state index contributed by atoms with van der Waals surface area (Å²) in [5.41, 5.74) is 3.20. The average molecular weight is 427 g/mol. The van der Waals surface area contributed by atoms with Crippen LogP contribution in [0.3, 0.4) is 0 Å². The fraction of sp³-hybridized carbons (Fsp3) is 0.500. The van der Waals surface area contributed by atoms with Crippen molar-refractivity contribution < 1.29 is 4.79 Å². The highest BCUT2D eigenvalue weighted by Crippen LogP contribution is 2.32. The van der Waals surface area contributed by atoms with E-state index in [0.717, 1.165) is 60.6 Å². The summed E-state index contributed by atoms with van der Waals surface area (Å²) in [6, 6.07) is 8.00. The molecule has 0 aliphatic carbocycles. The zero-order valence-electron chi connectivity index (χ0n) is 17.5. The van der Waals surface area contributed by atoms with E-state index in [1.54, 1.807) is 11.3 Å². The van der Waals surface area contributed by atoms with Gasteiger partial charge in [0.05, 0.1) is 12.2 Å². The molecule has 1 aromatic carbocycles. The number of fused-ring (bicyclic) bond motifs is 1. The molecule has 1 fully saturated rings. The Hall–Kier alpha value is -2.61. The second kappa shape index (κ2) is 9.93. The van der Waals surface area contributed by atoms with Gasteiger partial charge in [0.1, 0.15) is 0 Å². The molecule has 1 unspecified atom stereocenters. The summed E-state index contributed by atoms with van der Waals surface area (Å²) in [5, 5.41) is 13.0. The number of carbonyl (C=O) groups excluding carboxylic acids is 1. The third-order valence-corrected chi connectivity index (χ3v) is 6.46. The summed E-state index contributed by atoms with van der Waals surface area (Å²) >= 11 is 1.74. The Balaban J connectivity index is 1.32. The van der Waals surface area contributed by atoms with Crippen molar-refractivity contribution in [3.05, 3.63) is 40.9 Å². The Labute approximate surface area is 182 Å². The van der Waals surface area contributed by atoms with Crippen molar-refractivity contribution in [1.82, 2.24) is 15.6 Å². The number of para-hydroxylation sites is 1. The molecule has 4 rings (SSSR count). The zero-order chi connectivity index (χ0) is 20.8. The lowest BCUT2D eigenvalue weighted by Gasteiger charge is -2.24. The van der Waals surface area contributed by atoms with Crippen molar-refractivity contribution in [2.24, 2.45) is 4.99 Å². The molecule has 1 atom stereocenters. The Morgan fingerprint density at radius 1 is 1.30 bits per heavy atom. The highest BCUT2D eigenvalue weighted by Gasteiger charge is 2.24. The zero-order valence-corrected chi connectivity index (χ0v) is 18.3. The van der Waals surface area contributed by atoms with Crippen LogP contribution in [0, 0.1) is 0 Å². The van der Waals surface area contributed by atoms with Crippen LogP contribution in [-0.4, -0.2) is 49.6 Å². The van der Waals surface area contributed by atoms with E-state index < -0.39 is 0 Å². The fourth-order valence-corrected chi connectivity index (χ4v) is 4.90. The standard InChI is InChI=1S/C22H30N6OS/c1-2-23-21(24-10-9-17-15-30-22(26-17)28-11-5-6-12-28)25-14-16-13-20(29)27-19-8-4-3-7-18(16)19/h3-4,7-8,15-16H,2,5-6,9-14H2,1H3,(H,27,29)(H2,23,24,25). The SMILES string of the molecule is CCNC(=NCC1CC(=O)Nc2ccccc21)NCCc1csc(N2CCCC2)n1. The van der Waals surface area contributed by atoms with E-state index in [-0.39, 0.29) is 11.8 Å². The molecule has 3 heterocycles. The molecule has 0 radical (unpaired) electrons. The number of nitrogens with zero attached hydrogens (tertiary/aromatic N) is 3. The summed E-state index contributed by atoms with van der Waals surface area (Å²) in [7, 11) is 0. The maximum absolute atomic E-state index is 12.0. The third kappa shape index (κ3) is 5.11. The first-order valence-electron chi connectivity index (χ1n) is 10.8. The summed E-state index contributed by atoms with van der Waals surface area (Å²) in [5.74, 6) is 0.951. The number of guanidine groups is 1. The lowest BCUT2D eigenvalue weighted by molar-refractivity contribution is -0.116. The van der Waals surface area contributed by atoms with Gasteiger partial charge in [-0.15, -0.1) is 11.3 Å². The second-order valence-electron chi connectivity index (χ2n) is 7.75. The topological polar surface area (TPSA) is 81.6 Å². The number of carbonyl (C=O) groups is 1. The molecule has 30 heavy (non-hydrogen) atoms. The first kappa shape index (κ1) is 20.7. The Morgan fingerprint density at radius 2 is 2.13 bits per heavy atom. The molecule has 7 nitrogen and oxygen atoms in total. The lowest BCUT2D eigenvalue weighted by Crippen LogP contribution is -2.39.